The molecule has 6 nitrogen and oxygen atoms in total. The molecule has 1 fully saturated rings. The molecule has 0 saturated heterocycles. The summed E-state index contributed by atoms with van der Waals surface area (Å²) in [6.45, 7) is 5.90. The molecule has 2 aliphatic carbocycles. The predicted octanol–water partition coefficient (Wildman–Crippen LogP) is 3.03. The van der Waals surface area contributed by atoms with Gasteiger partial charge in [-0.15, -0.1) is 0 Å². The van der Waals surface area contributed by atoms with Crippen molar-refractivity contribution in [2.45, 2.75) is 46.5 Å². The Balaban J connectivity index is 2.35. The molecule has 0 atom stereocenters. The van der Waals surface area contributed by atoms with Gasteiger partial charge >= 0.3 is 17.9 Å². The summed E-state index contributed by atoms with van der Waals surface area (Å²) >= 11 is 0. The van der Waals surface area contributed by atoms with E-state index in [4.69, 9.17) is 14.2 Å². The van der Waals surface area contributed by atoms with Crippen molar-refractivity contribution in [3.8, 4) is 0 Å². The van der Waals surface area contributed by atoms with Crippen molar-refractivity contribution >= 4 is 17.9 Å². The molecule has 0 heterocycles. The van der Waals surface area contributed by atoms with Crippen LogP contribution in [0.4, 0.5) is 0 Å². The van der Waals surface area contributed by atoms with Crippen LogP contribution >= 0.6 is 0 Å². The van der Waals surface area contributed by atoms with Gasteiger partial charge in [-0.1, -0.05) is 12.2 Å². The minimum Gasteiger partial charge on any atom is -0.465 e. The zero-order chi connectivity index (χ0) is 19.2. The average molecular weight is 362 g/mol. The Morgan fingerprint density at radius 3 is 2.12 bits per heavy atom. The molecule has 2 aliphatic rings. The van der Waals surface area contributed by atoms with Crippen LogP contribution in [-0.4, -0.2) is 37.7 Å². The fraction of sp³-hybridized carbons (Fsp3) is 0.550. The molecular formula is C20H26O6. The molecule has 1 saturated carbocycles. The SMILES string of the molecule is CCOC(=O)/C=C1/C=C2CC(C(=O)OCC)(C(=O)OCC)CC2=CCC1. The van der Waals surface area contributed by atoms with Gasteiger partial charge in [0, 0.05) is 6.08 Å². The summed E-state index contributed by atoms with van der Waals surface area (Å²) in [7, 11) is 0. The molecule has 2 rings (SSSR count). The van der Waals surface area contributed by atoms with Gasteiger partial charge in [-0.2, -0.15) is 0 Å². The highest BCUT2D eigenvalue weighted by atomic mass is 16.6. The maximum absolute atomic E-state index is 12.6. The first-order chi connectivity index (χ1) is 12.5. The number of hydrogen-bond acceptors (Lipinski definition) is 6. The van der Waals surface area contributed by atoms with E-state index in [1.807, 2.05) is 12.2 Å². The van der Waals surface area contributed by atoms with Crippen LogP contribution in [0, 0.1) is 5.41 Å². The molecule has 0 unspecified atom stereocenters. The molecule has 0 N–H and O–H groups in total. The molecule has 0 spiro atoms. The average Bonchev–Trinajstić information content (AvgIpc) is 2.85. The number of carbonyl (C=O) groups is 3. The summed E-state index contributed by atoms with van der Waals surface area (Å²) < 4.78 is 15.3. The van der Waals surface area contributed by atoms with E-state index in [9.17, 15) is 14.4 Å². The third kappa shape index (κ3) is 4.23. The molecule has 0 radical (unpaired) electrons. The second-order valence-corrected chi connectivity index (χ2v) is 6.29. The van der Waals surface area contributed by atoms with E-state index in [0.29, 0.717) is 13.0 Å². The van der Waals surface area contributed by atoms with Crippen LogP contribution in [-0.2, 0) is 28.6 Å². The van der Waals surface area contributed by atoms with Crippen molar-refractivity contribution in [3.63, 3.8) is 0 Å². The lowest BCUT2D eigenvalue weighted by atomic mass is 9.85. The van der Waals surface area contributed by atoms with E-state index in [2.05, 4.69) is 0 Å². The van der Waals surface area contributed by atoms with Crippen LogP contribution in [0.1, 0.15) is 46.5 Å². The molecule has 142 valence electrons. The summed E-state index contributed by atoms with van der Waals surface area (Å²) in [5.74, 6) is -1.49. The summed E-state index contributed by atoms with van der Waals surface area (Å²) in [5.41, 5.74) is 1.31. The van der Waals surface area contributed by atoms with Crippen LogP contribution in [0.2, 0.25) is 0 Å². The van der Waals surface area contributed by atoms with Crippen molar-refractivity contribution in [2.24, 2.45) is 5.41 Å². The molecular weight excluding hydrogens is 336 g/mol. The number of fused-ring (bicyclic) bond motifs is 1. The summed E-state index contributed by atoms with van der Waals surface area (Å²) in [6, 6.07) is 0. The maximum atomic E-state index is 12.6. The summed E-state index contributed by atoms with van der Waals surface area (Å²) in [6.07, 6.45) is 7.30. The largest absolute Gasteiger partial charge is 0.465 e. The van der Waals surface area contributed by atoms with Crippen LogP contribution in [0.25, 0.3) is 0 Å². The fourth-order valence-corrected chi connectivity index (χ4v) is 3.36. The highest BCUT2D eigenvalue weighted by Crippen LogP contribution is 2.48. The lowest BCUT2D eigenvalue weighted by molar-refractivity contribution is -0.171. The van der Waals surface area contributed by atoms with Gasteiger partial charge in [-0.05, 0) is 63.2 Å². The standard InChI is InChI=1S/C20H26O6/c1-4-24-17(21)11-14-8-7-9-15-12-20(13-16(15)10-14,18(22)25-5-2)19(23)26-6-3/h9-11H,4-8,12-13H2,1-3H3/b14-11+. The number of ether oxygens (including phenoxy) is 3. The number of carbonyl (C=O) groups excluding carboxylic acids is 3. The van der Waals surface area contributed by atoms with Crippen molar-refractivity contribution in [3.05, 3.63) is 34.9 Å². The fourth-order valence-electron chi connectivity index (χ4n) is 3.36. The first kappa shape index (κ1) is 19.9. The van der Waals surface area contributed by atoms with Crippen molar-refractivity contribution in [1.82, 2.24) is 0 Å². The van der Waals surface area contributed by atoms with Crippen molar-refractivity contribution in [2.75, 3.05) is 19.8 Å². The Morgan fingerprint density at radius 1 is 0.962 bits per heavy atom. The van der Waals surface area contributed by atoms with E-state index < -0.39 is 17.4 Å². The van der Waals surface area contributed by atoms with Gasteiger partial charge in [-0.25, -0.2) is 4.79 Å². The predicted molar refractivity (Wildman–Crippen MR) is 95.0 cm³/mol. The van der Waals surface area contributed by atoms with E-state index in [1.165, 1.54) is 6.08 Å². The highest BCUT2D eigenvalue weighted by Gasteiger charge is 2.54. The third-order valence-electron chi connectivity index (χ3n) is 4.50. The minimum atomic E-state index is -1.34. The molecule has 0 aromatic heterocycles. The van der Waals surface area contributed by atoms with Gasteiger partial charge in [0.1, 0.15) is 0 Å². The monoisotopic (exact) mass is 362 g/mol. The minimum absolute atomic E-state index is 0.200. The first-order valence-corrected chi connectivity index (χ1v) is 9.08. The molecule has 0 amide bonds. The van der Waals surface area contributed by atoms with E-state index in [-0.39, 0.29) is 32.0 Å². The number of esters is 3. The van der Waals surface area contributed by atoms with Gasteiger partial charge in [0.05, 0.1) is 19.8 Å². The van der Waals surface area contributed by atoms with E-state index in [1.54, 1.807) is 20.8 Å². The van der Waals surface area contributed by atoms with Gasteiger partial charge in [0.25, 0.3) is 0 Å². The Morgan fingerprint density at radius 2 is 1.54 bits per heavy atom. The van der Waals surface area contributed by atoms with Crippen LogP contribution < -0.4 is 0 Å². The topological polar surface area (TPSA) is 78.9 Å². The van der Waals surface area contributed by atoms with Crippen molar-refractivity contribution < 1.29 is 28.6 Å². The number of rotatable bonds is 6. The van der Waals surface area contributed by atoms with Crippen LogP contribution in [0.5, 0.6) is 0 Å². The molecule has 26 heavy (non-hydrogen) atoms. The lowest BCUT2D eigenvalue weighted by Crippen LogP contribution is -2.40. The smallest absolute Gasteiger partial charge is 0.331 e. The molecule has 0 aliphatic heterocycles. The zero-order valence-corrected chi connectivity index (χ0v) is 15.6. The van der Waals surface area contributed by atoms with Crippen LogP contribution in [0.3, 0.4) is 0 Å². The number of allylic oxidation sites excluding steroid dienone is 5. The molecule has 0 aromatic rings. The van der Waals surface area contributed by atoms with Gasteiger partial charge in [-0.3, -0.25) is 9.59 Å². The van der Waals surface area contributed by atoms with E-state index in [0.717, 1.165) is 23.1 Å². The quantitative estimate of drug-likeness (QED) is 0.313. The van der Waals surface area contributed by atoms with Crippen LogP contribution in [0.15, 0.2) is 34.9 Å². The Bertz CT molecular complexity index is 650. The van der Waals surface area contributed by atoms with Gasteiger partial charge in [0.2, 0.25) is 0 Å². The van der Waals surface area contributed by atoms with Crippen molar-refractivity contribution in [1.29, 1.82) is 0 Å². The zero-order valence-electron chi connectivity index (χ0n) is 15.6. The second kappa shape index (κ2) is 8.83. The summed E-state index contributed by atoms with van der Waals surface area (Å²) in [5, 5.41) is 0. The molecule has 6 heteroatoms. The lowest BCUT2D eigenvalue weighted by Gasteiger charge is -2.23. The second-order valence-electron chi connectivity index (χ2n) is 6.29. The number of hydrogen-bond donors (Lipinski definition) is 0. The Labute approximate surface area is 153 Å². The van der Waals surface area contributed by atoms with Gasteiger partial charge in [0.15, 0.2) is 5.41 Å². The maximum Gasteiger partial charge on any atom is 0.331 e. The molecule has 0 bridgehead atoms. The normalized spacial score (nSPS) is 19.7. The van der Waals surface area contributed by atoms with E-state index >= 15 is 0 Å². The van der Waals surface area contributed by atoms with Gasteiger partial charge < -0.3 is 14.2 Å². The summed E-state index contributed by atoms with van der Waals surface area (Å²) in [4.78, 5) is 36.9. The molecule has 0 aromatic carbocycles. The Kier molecular flexibility index (Phi) is 6.77. The third-order valence-corrected chi connectivity index (χ3v) is 4.50. The Hall–Kier alpha value is -2.37. The first-order valence-electron chi connectivity index (χ1n) is 9.08. The highest BCUT2D eigenvalue weighted by molar-refractivity contribution is 6.02.